The normalized spacial score (nSPS) is 26.9. The highest BCUT2D eigenvalue weighted by atomic mass is 32.2. The number of aromatic hydroxyl groups is 1. The number of rotatable bonds is 4. The molecule has 12 nitrogen and oxygen atoms in total. The molecule has 0 heterocycles. The van der Waals surface area contributed by atoms with Crippen LogP contribution in [0.4, 0.5) is 0 Å². The molecule has 13 heteroatoms. The van der Waals surface area contributed by atoms with Crippen molar-refractivity contribution in [1.29, 1.82) is 0 Å². The summed E-state index contributed by atoms with van der Waals surface area (Å²) in [6, 6.07) is 1.55. The van der Waals surface area contributed by atoms with Crippen LogP contribution in [0.25, 0.3) is 5.76 Å². The molecule has 0 spiro atoms. The lowest BCUT2D eigenvalue weighted by Gasteiger charge is -2.50. The Morgan fingerprint density at radius 3 is 2.47 bits per heavy atom. The summed E-state index contributed by atoms with van der Waals surface area (Å²) < 4.78 is 24.8. The molecule has 1 aromatic carbocycles. The second-order valence-electron chi connectivity index (χ2n) is 9.84. The first-order valence-corrected chi connectivity index (χ1v) is 13.4. The Labute approximate surface area is 218 Å². The Hall–Kier alpha value is -3.70. The van der Waals surface area contributed by atoms with E-state index in [0.29, 0.717) is 11.1 Å². The van der Waals surface area contributed by atoms with Crippen molar-refractivity contribution in [3.8, 4) is 17.6 Å². The zero-order valence-electron chi connectivity index (χ0n) is 20.8. The third kappa shape index (κ3) is 4.15. The molecule has 1 saturated carbocycles. The number of benzene rings is 1. The molecular formula is C25H27N3O9S. The highest BCUT2D eigenvalue weighted by molar-refractivity contribution is 7.88. The molecule has 0 bridgehead atoms. The molecule has 3 aliphatic carbocycles. The molecule has 0 radical (unpaired) electrons. The summed E-state index contributed by atoms with van der Waals surface area (Å²) in [5.74, 6) is -1.86. The molecule has 1 aromatic rings. The zero-order valence-corrected chi connectivity index (χ0v) is 21.6. The largest absolute Gasteiger partial charge is 0.508 e. The molecule has 38 heavy (non-hydrogen) atoms. The van der Waals surface area contributed by atoms with Gasteiger partial charge >= 0.3 is 0 Å². The third-order valence-electron chi connectivity index (χ3n) is 7.25. The number of carbonyl (C=O) groups is 3. The Kier molecular flexibility index (Phi) is 6.65. The summed E-state index contributed by atoms with van der Waals surface area (Å²) >= 11 is 0. The standard InChI is InChI=1S/C25H27N3O9S/c1-28(2)19-14-10-12-9-13-11(5-4-8-27-38(3,36)37)6-7-15(29)17(13)20(30)16(12)22(32)25(14,35)23(33)18(21(19)31)24(26)34/h6-7,12,14,19,27,29-30,33,35H,8-10H2,1-3H3,(H2,26,34)/t12?,14?,19-,25-/m0/s1. The van der Waals surface area contributed by atoms with E-state index in [1.807, 2.05) is 0 Å². The van der Waals surface area contributed by atoms with Gasteiger partial charge in [0.25, 0.3) is 5.91 Å². The van der Waals surface area contributed by atoms with Crippen LogP contribution in [0, 0.1) is 23.7 Å². The van der Waals surface area contributed by atoms with Crippen molar-refractivity contribution in [1.82, 2.24) is 9.62 Å². The number of aliphatic hydroxyl groups is 3. The fourth-order valence-electron chi connectivity index (χ4n) is 5.67. The first-order valence-electron chi connectivity index (χ1n) is 11.5. The quantitative estimate of drug-likeness (QED) is 0.198. The number of aliphatic hydroxyl groups excluding tert-OH is 2. The van der Waals surface area contributed by atoms with E-state index in [4.69, 9.17) is 5.73 Å². The van der Waals surface area contributed by atoms with E-state index in [2.05, 4.69) is 16.6 Å². The molecule has 7 N–H and O–H groups in total. The third-order valence-corrected chi connectivity index (χ3v) is 7.92. The van der Waals surface area contributed by atoms with E-state index in [0.717, 1.165) is 6.26 Å². The van der Waals surface area contributed by atoms with E-state index in [1.54, 1.807) is 0 Å². The lowest BCUT2D eigenvalue weighted by molar-refractivity contribution is -0.153. The number of nitrogens with one attached hydrogen (secondary N) is 1. The fraction of sp³-hybridized carbons (Fsp3) is 0.400. The smallest absolute Gasteiger partial charge is 0.255 e. The van der Waals surface area contributed by atoms with Gasteiger partial charge in [-0.1, -0.05) is 11.8 Å². The van der Waals surface area contributed by atoms with Crippen LogP contribution in [-0.2, 0) is 30.8 Å². The van der Waals surface area contributed by atoms with Crippen LogP contribution in [-0.4, -0.2) is 89.8 Å². The minimum atomic E-state index is -3.47. The molecular weight excluding hydrogens is 518 g/mol. The van der Waals surface area contributed by atoms with Crippen molar-refractivity contribution in [2.45, 2.75) is 24.5 Å². The summed E-state index contributed by atoms with van der Waals surface area (Å²) in [6.45, 7) is -0.182. The number of likely N-dealkylation sites (N-methyl/N-ethyl adjacent to an activating group) is 1. The van der Waals surface area contributed by atoms with Gasteiger partial charge in [0.15, 0.2) is 11.4 Å². The minimum absolute atomic E-state index is 0.0517. The molecule has 1 amide bonds. The van der Waals surface area contributed by atoms with Gasteiger partial charge in [0.05, 0.1) is 24.4 Å². The van der Waals surface area contributed by atoms with Crippen molar-refractivity contribution >= 4 is 33.3 Å². The van der Waals surface area contributed by atoms with Gasteiger partial charge in [-0.15, -0.1) is 0 Å². The van der Waals surface area contributed by atoms with Gasteiger partial charge in [0, 0.05) is 17.1 Å². The van der Waals surface area contributed by atoms with Gasteiger partial charge in [-0.3, -0.25) is 19.3 Å². The van der Waals surface area contributed by atoms with E-state index in [-0.39, 0.29) is 36.3 Å². The van der Waals surface area contributed by atoms with Crippen molar-refractivity contribution in [2.24, 2.45) is 17.6 Å². The molecule has 2 unspecified atom stereocenters. The predicted molar refractivity (Wildman–Crippen MR) is 134 cm³/mol. The highest BCUT2D eigenvalue weighted by Gasteiger charge is 2.64. The highest BCUT2D eigenvalue weighted by Crippen LogP contribution is 2.52. The van der Waals surface area contributed by atoms with Gasteiger partial charge in [-0.25, -0.2) is 13.1 Å². The first kappa shape index (κ1) is 27.3. The van der Waals surface area contributed by atoms with E-state index in [9.17, 15) is 43.2 Å². The maximum atomic E-state index is 13.8. The number of Topliss-reactive ketones (excluding diaryl/α,β-unsaturated/α-hetero) is 2. The Morgan fingerprint density at radius 1 is 1.24 bits per heavy atom. The number of fused-ring (bicyclic) bond motifs is 3. The number of hydrogen-bond acceptors (Lipinski definition) is 10. The second kappa shape index (κ2) is 9.25. The van der Waals surface area contributed by atoms with Gasteiger partial charge in [-0.2, -0.15) is 0 Å². The number of nitrogens with zero attached hydrogens (tertiary/aromatic N) is 1. The van der Waals surface area contributed by atoms with Crippen molar-refractivity contribution in [3.05, 3.63) is 45.7 Å². The second-order valence-corrected chi connectivity index (χ2v) is 11.7. The molecule has 202 valence electrons. The molecule has 0 aliphatic heterocycles. The summed E-state index contributed by atoms with van der Waals surface area (Å²) in [7, 11) is -0.432. The van der Waals surface area contributed by atoms with E-state index >= 15 is 0 Å². The lowest BCUT2D eigenvalue weighted by atomic mass is 9.57. The van der Waals surface area contributed by atoms with Crippen LogP contribution in [0.5, 0.6) is 5.75 Å². The predicted octanol–water partition coefficient (Wildman–Crippen LogP) is -1.14. The summed E-state index contributed by atoms with van der Waals surface area (Å²) in [4.78, 5) is 40.3. The van der Waals surface area contributed by atoms with E-state index in [1.165, 1.54) is 31.1 Å². The van der Waals surface area contributed by atoms with Gasteiger partial charge < -0.3 is 26.2 Å². The number of hydrogen-bond donors (Lipinski definition) is 6. The zero-order chi connectivity index (χ0) is 28.3. The average molecular weight is 546 g/mol. The van der Waals surface area contributed by atoms with Crippen molar-refractivity contribution in [3.63, 3.8) is 0 Å². The molecule has 0 saturated heterocycles. The number of phenolic OH excluding ortho intramolecular Hbond substituents is 1. The summed E-state index contributed by atoms with van der Waals surface area (Å²) in [5.41, 5.74) is 2.11. The molecule has 4 atom stereocenters. The fourth-order valence-corrected chi connectivity index (χ4v) is 6.00. The maximum Gasteiger partial charge on any atom is 0.255 e. The Bertz CT molecular complexity index is 1510. The number of nitrogens with two attached hydrogens (primary N) is 1. The number of carbonyl (C=O) groups excluding carboxylic acids is 3. The molecule has 1 fully saturated rings. The minimum Gasteiger partial charge on any atom is -0.508 e. The average Bonchev–Trinajstić information content (AvgIpc) is 2.79. The summed E-state index contributed by atoms with van der Waals surface area (Å²) in [5, 5.41) is 44.1. The lowest BCUT2D eigenvalue weighted by Crippen LogP contribution is -2.65. The molecule has 3 aliphatic rings. The van der Waals surface area contributed by atoms with Gasteiger partial charge in [0.2, 0.25) is 15.8 Å². The Balaban J connectivity index is 1.88. The number of sulfonamides is 1. The number of phenols is 1. The van der Waals surface area contributed by atoms with Crippen LogP contribution >= 0.6 is 0 Å². The molecule has 4 rings (SSSR count). The van der Waals surface area contributed by atoms with Crippen molar-refractivity contribution < 1.29 is 43.2 Å². The van der Waals surface area contributed by atoms with Crippen molar-refractivity contribution in [2.75, 3.05) is 26.9 Å². The van der Waals surface area contributed by atoms with Gasteiger partial charge in [-0.05, 0) is 50.6 Å². The number of amides is 1. The first-order chi connectivity index (χ1) is 17.6. The SMILES string of the molecule is CN(C)[C@@H]1C(=O)C(C(N)=O)=C(O)[C@@]2(O)C(=O)C3=C(O)c4c(O)ccc(C#CCNS(C)(=O)=O)c4CC3CC12. The van der Waals surface area contributed by atoms with Crippen LogP contribution in [0.15, 0.2) is 29.0 Å². The van der Waals surface area contributed by atoms with Crippen LogP contribution in [0.3, 0.4) is 0 Å². The van der Waals surface area contributed by atoms with Crippen LogP contribution in [0.1, 0.15) is 23.1 Å². The maximum absolute atomic E-state index is 13.8. The number of ketones is 2. The number of primary amides is 1. The van der Waals surface area contributed by atoms with Crippen LogP contribution < -0.4 is 10.5 Å². The summed E-state index contributed by atoms with van der Waals surface area (Å²) in [6.07, 6.45) is 1.01. The van der Waals surface area contributed by atoms with Crippen LogP contribution in [0.2, 0.25) is 0 Å². The topological polar surface area (TPSA) is 208 Å². The monoisotopic (exact) mass is 545 g/mol. The van der Waals surface area contributed by atoms with Gasteiger partial charge in [0.1, 0.15) is 22.8 Å². The Morgan fingerprint density at radius 2 is 1.89 bits per heavy atom. The molecule has 0 aromatic heterocycles. The van der Waals surface area contributed by atoms with E-state index < -0.39 is 68.1 Å².